The first-order valence-corrected chi connectivity index (χ1v) is 10.1. The van der Waals surface area contributed by atoms with E-state index in [0.717, 1.165) is 11.1 Å². The summed E-state index contributed by atoms with van der Waals surface area (Å²) >= 11 is 0. The van der Waals surface area contributed by atoms with E-state index in [1.54, 1.807) is 6.07 Å². The second-order valence-electron chi connectivity index (χ2n) is 8.00. The first-order valence-electron chi connectivity index (χ1n) is 10.1. The monoisotopic (exact) mass is 445 g/mol. The molecule has 0 spiro atoms. The summed E-state index contributed by atoms with van der Waals surface area (Å²) in [7, 11) is 0. The first kappa shape index (κ1) is 24.3. The molecule has 0 radical (unpaired) electrons. The van der Waals surface area contributed by atoms with Crippen LogP contribution < -0.4 is 5.32 Å². The van der Waals surface area contributed by atoms with Crippen LogP contribution in [-0.2, 0) is 14.2 Å². The predicted octanol–water partition coefficient (Wildman–Crippen LogP) is -2.66. The van der Waals surface area contributed by atoms with Gasteiger partial charge in [-0.1, -0.05) is 6.07 Å². The molecule has 2 fully saturated rings. The fraction of sp³-hybridized carbons (Fsp3) is 0.700. The molecule has 0 amide bonds. The van der Waals surface area contributed by atoms with Gasteiger partial charge in [0.05, 0.1) is 13.2 Å². The Bertz CT molecular complexity index is 732. The van der Waals surface area contributed by atoms with Crippen LogP contribution in [0.4, 0.5) is 5.69 Å². The van der Waals surface area contributed by atoms with Crippen LogP contribution in [0.25, 0.3) is 0 Å². The van der Waals surface area contributed by atoms with Crippen LogP contribution in [0.15, 0.2) is 18.2 Å². The molecule has 11 nitrogen and oxygen atoms in total. The van der Waals surface area contributed by atoms with Crippen LogP contribution >= 0.6 is 0 Å². The Balaban J connectivity index is 1.72. The van der Waals surface area contributed by atoms with Crippen molar-refractivity contribution in [2.75, 3.05) is 18.5 Å². The molecular formula is C20H31NO10. The summed E-state index contributed by atoms with van der Waals surface area (Å²) in [5, 5.41) is 73.2. The number of aliphatic hydroxyl groups excluding tert-OH is 7. The molecule has 10 atom stereocenters. The molecule has 8 N–H and O–H groups in total. The van der Waals surface area contributed by atoms with Gasteiger partial charge in [-0.25, -0.2) is 0 Å². The summed E-state index contributed by atoms with van der Waals surface area (Å²) in [5.41, 5.74) is 2.74. The molecule has 0 saturated carbocycles. The van der Waals surface area contributed by atoms with Gasteiger partial charge in [0.25, 0.3) is 0 Å². The Kier molecular flexibility index (Phi) is 7.86. The summed E-state index contributed by atoms with van der Waals surface area (Å²) in [6.07, 6.45) is -14.2. The molecule has 0 unspecified atom stereocenters. The summed E-state index contributed by atoms with van der Waals surface area (Å²) in [5.74, 6) is 0. The van der Waals surface area contributed by atoms with Crippen LogP contribution in [0.2, 0.25) is 0 Å². The number of aliphatic hydroxyl groups is 7. The van der Waals surface area contributed by atoms with Crippen molar-refractivity contribution in [1.29, 1.82) is 0 Å². The maximum Gasteiger partial charge on any atom is 0.187 e. The normalized spacial score (nSPS) is 41.2. The molecule has 2 heterocycles. The summed E-state index contributed by atoms with van der Waals surface area (Å²) in [6, 6.07) is 5.52. The van der Waals surface area contributed by atoms with Crippen LogP contribution in [0, 0.1) is 13.8 Å². The number of hydrogen-bond acceptors (Lipinski definition) is 11. The predicted molar refractivity (Wildman–Crippen MR) is 106 cm³/mol. The van der Waals surface area contributed by atoms with Gasteiger partial charge in [-0.05, 0) is 37.1 Å². The van der Waals surface area contributed by atoms with Crippen LogP contribution in [0.1, 0.15) is 11.1 Å². The Labute approximate surface area is 179 Å². The lowest BCUT2D eigenvalue weighted by molar-refractivity contribution is -0.340. The highest BCUT2D eigenvalue weighted by Crippen LogP contribution is 2.30. The van der Waals surface area contributed by atoms with Gasteiger partial charge in [0.1, 0.15) is 48.8 Å². The van der Waals surface area contributed by atoms with Gasteiger partial charge in [-0.3, -0.25) is 0 Å². The Morgan fingerprint density at radius 3 is 2.10 bits per heavy atom. The maximum absolute atomic E-state index is 10.6. The molecule has 2 saturated heterocycles. The molecule has 1 aromatic rings. The molecule has 11 heteroatoms. The standard InChI is InChI=1S/C20H31NO10/c1-8-3-4-10(5-9(8)2)21-19-16(27)15(26)18(12(7-23)29-19)31-20-17(28)14(25)13(24)11(6-22)30-20/h3-5,11-28H,6-7H2,1-2H3/t11-,12-,13+,14+,15-,16+,17+,18+,19-,20+/m0/s1. The molecule has 0 bridgehead atoms. The highest BCUT2D eigenvalue weighted by atomic mass is 16.7. The van der Waals surface area contributed by atoms with E-state index >= 15 is 0 Å². The molecule has 2 aliphatic rings. The van der Waals surface area contributed by atoms with E-state index < -0.39 is 74.6 Å². The molecule has 1 aromatic carbocycles. The van der Waals surface area contributed by atoms with Crippen molar-refractivity contribution in [2.24, 2.45) is 0 Å². The summed E-state index contributed by atoms with van der Waals surface area (Å²) < 4.78 is 16.5. The Hall–Kier alpha value is -1.38. The van der Waals surface area contributed by atoms with Gasteiger partial charge >= 0.3 is 0 Å². The van der Waals surface area contributed by atoms with Crippen molar-refractivity contribution in [2.45, 2.75) is 75.2 Å². The minimum Gasteiger partial charge on any atom is -0.394 e. The minimum atomic E-state index is -1.70. The van der Waals surface area contributed by atoms with E-state index in [4.69, 9.17) is 14.2 Å². The lowest BCUT2D eigenvalue weighted by Gasteiger charge is -2.46. The highest BCUT2D eigenvalue weighted by molar-refractivity contribution is 5.48. The maximum atomic E-state index is 10.6. The smallest absolute Gasteiger partial charge is 0.187 e. The van der Waals surface area contributed by atoms with Crippen molar-refractivity contribution in [3.8, 4) is 0 Å². The third kappa shape index (κ3) is 5.01. The number of hydrogen-bond donors (Lipinski definition) is 8. The molecule has 176 valence electrons. The van der Waals surface area contributed by atoms with Gasteiger partial charge in [0, 0.05) is 5.69 Å². The van der Waals surface area contributed by atoms with E-state index in [0.29, 0.717) is 5.69 Å². The highest BCUT2D eigenvalue weighted by Gasteiger charge is 2.50. The van der Waals surface area contributed by atoms with E-state index in [1.165, 1.54) is 0 Å². The van der Waals surface area contributed by atoms with Gasteiger partial charge < -0.3 is 55.3 Å². The van der Waals surface area contributed by atoms with E-state index in [1.807, 2.05) is 26.0 Å². The van der Waals surface area contributed by atoms with E-state index in [2.05, 4.69) is 5.32 Å². The molecule has 3 rings (SSSR count). The van der Waals surface area contributed by atoms with Crippen LogP contribution in [0.3, 0.4) is 0 Å². The number of anilines is 1. The average Bonchev–Trinajstić information content (AvgIpc) is 2.75. The summed E-state index contributed by atoms with van der Waals surface area (Å²) in [6.45, 7) is 2.64. The lowest BCUT2D eigenvalue weighted by Crippen LogP contribution is -2.65. The Morgan fingerprint density at radius 2 is 1.48 bits per heavy atom. The molecule has 0 aliphatic carbocycles. The van der Waals surface area contributed by atoms with Gasteiger partial charge in [0.15, 0.2) is 12.5 Å². The molecule has 2 aliphatic heterocycles. The van der Waals surface area contributed by atoms with Crippen molar-refractivity contribution in [3.63, 3.8) is 0 Å². The van der Waals surface area contributed by atoms with Crippen molar-refractivity contribution >= 4 is 5.69 Å². The van der Waals surface area contributed by atoms with Crippen LogP contribution in [-0.4, -0.2) is 110 Å². The Morgan fingerprint density at radius 1 is 0.806 bits per heavy atom. The largest absolute Gasteiger partial charge is 0.394 e. The first-order chi connectivity index (χ1) is 14.7. The molecule has 0 aromatic heterocycles. The number of benzene rings is 1. The van der Waals surface area contributed by atoms with E-state index in [9.17, 15) is 35.7 Å². The zero-order chi connectivity index (χ0) is 22.9. The third-order valence-corrected chi connectivity index (χ3v) is 5.82. The topological polar surface area (TPSA) is 181 Å². The quantitative estimate of drug-likeness (QED) is 0.229. The molecule has 31 heavy (non-hydrogen) atoms. The fourth-order valence-corrected chi connectivity index (χ4v) is 3.70. The van der Waals surface area contributed by atoms with Crippen molar-refractivity contribution in [3.05, 3.63) is 29.3 Å². The number of rotatable bonds is 6. The number of ether oxygens (including phenoxy) is 3. The average molecular weight is 445 g/mol. The van der Waals surface area contributed by atoms with E-state index in [-0.39, 0.29) is 0 Å². The summed E-state index contributed by atoms with van der Waals surface area (Å²) in [4.78, 5) is 0. The zero-order valence-electron chi connectivity index (χ0n) is 17.3. The second kappa shape index (κ2) is 10.0. The lowest BCUT2D eigenvalue weighted by atomic mass is 9.96. The van der Waals surface area contributed by atoms with Crippen LogP contribution in [0.5, 0.6) is 0 Å². The second-order valence-corrected chi connectivity index (χ2v) is 8.00. The van der Waals surface area contributed by atoms with Crippen molar-refractivity contribution in [1.82, 2.24) is 0 Å². The fourth-order valence-electron chi connectivity index (χ4n) is 3.70. The van der Waals surface area contributed by atoms with Gasteiger partial charge in [-0.15, -0.1) is 0 Å². The number of aryl methyl sites for hydroxylation is 2. The SMILES string of the molecule is Cc1ccc(N[C@H]2O[C@@H](CO)[C@@H](O[C@H]3O[C@@H](CO)[C@@H](O)[C@@H](O)[C@H]3O)[C@@H](O)[C@H]2O)cc1C. The van der Waals surface area contributed by atoms with Gasteiger partial charge in [-0.2, -0.15) is 0 Å². The van der Waals surface area contributed by atoms with Gasteiger partial charge in [0.2, 0.25) is 0 Å². The molecular weight excluding hydrogens is 414 g/mol. The minimum absolute atomic E-state index is 0.586. The number of nitrogens with one attached hydrogen (secondary N) is 1. The van der Waals surface area contributed by atoms with Crippen molar-refractivity contribution < 1.29 is 50.0 Å². The zero-order valence-corrected chi connectivity index (χ0v) is 17.3. The third-order valence-electron chi connectivity index (χ3n) is 5.82.